The van der Waals surface area contributed by atoms with Gasteiger partial charge in [-0.2, -0.15) is 0 Å². The molecular weight excluding hydrogens is 288 g/mol. The van der Waals surface area contributed by atoms with E-state index in [-0.39, 0.29) is 30.5 Å². The Kier molecular flexibility index (Phi) is 7.53. The fourth-order valence-electron chi connectivity index (χ4n) is 3.48. The van der Waals surface area contributed by atoms with E-state index in [1.165, 1.54) is 19.3 Å². The van der Waals surface area contributed by atoms with Gasteiger partial charge in [-0.15, -0.1) is 0 Å². The van der Waals surface area contributed by atoms with Gasteiger partial charge in [-0.3, -0.25) is 0 Å². The summed E-state index contributed by atoms with van der Waals surface area (Å²) < 4.78 is 34.4. The van der Waals surface area contributed by atoms with E-state index in [1.807, 2.05) is 0 Å². The van der Waals surface area contributed by atoms with Crippen LogP contribution in [0.3, 0.4) is 0 Å². The lowest BCUT2D eigenvalue weighted by Crippen LogP contribution is -2.61. The Morgan fingerprint density at radius 1 is 0.818 bits per heavy atom. The van der Waals surface area contributed by atoms with Gasteiger partial charge < -0.3 is 28.4 Å². The minimum Gasteiger partial charge on any atom is -0.382 e. The van der Waals surface area contributed by atoms with Crippen molar-refractivity contribution in [3.05, 3.63) is 0 Å². The maximum absolute atomic E-state index is 6.20. The summed E-state index contributed by atoms with van der Waals surface area (Å²) in [5.74, 6) is 0. The molecule has 0 aromatic heterocycles. The zero-order valence-electron chi connectivity index (χ0n) is 14.2. The normalized spacial score (nSPS) is 37.4. The Hall–Kier alpha value is -0.240. The molecule has 0 N–H and O–H groups in total. The van der Waals surface area contributed by atoms with Crippen LogP contribution in [0.2, 0.25) is 0 Å². The summed E-state index contributed by atoms with van der Waals surface area (Å²) in [6, 6.07) is 0. The van der Waals surface area contributed by atoms with Crippen molar-refractivity contribution in [3.8, 4) is 0 Å². The Balaban J connectivity index is 2.08. The van der Waals surface area contributed by atoms with Gasteiger partial charge in [0.25, 0.3) is 0 Å². The van der Waals surface area contributed by atoms with Gasteiger partial charge in [0.05, 0.1) is 12.7 Å². The zero-order chi connectivity index (χ0) is 15.9. The van der Waals surface area contributed by atoms with E-state index in [1.54, 1.807) is 28.4 Å². The van der Waals surface area contributed by atoms with Crippen LogP contribution in [0.15, 0.2) is 0 Å². The van der Waals surface area contributed by atoms with Crippen LogP contribution in [0, 0.1) is 0 Å². The second kappa shape index (κ2) is 9.15. The van der Waals surface area contributed by atoms with Crippen LogP contribution in [0.4, 0.5) is 0 Å². The third-order valence-electron chi connectivity index (χ3n) is 4.62. The number of rotatable bonds is 7. The van der Waals surface area contributed by atoms with Gasteiger partial charge in [0.15, 0.2) is 6.29 Å². The molecule has 5 atom stereocenters. The van der Waals surface area contributed by atoms with Gasteiger partial charge in [-0.1, -0.05) is 19.3 Å². The quantitative estimate of drug-likeness (QED) is 0.713. The molecule has 1 aliphatic heterocycles. The van der Waals surface area contributed by atoms with E-state index < -0.39 is 6.29 Å². The minimum atomic E-state index is -0.454. The van der Waals surface area contributed by atoms with Crippen LogP contribution in [0.1, 0.15) is 32.1 Å². The molecule has 130 valence electrons. The van der Waals surface area contributed by atoms with Crippen LogP contribution in [0.25, 0.3) is 0 Å². The summed E-state index contributed by atoms with van der Waals surface area (Å²) in [5, 5.41) is 0. The molecule has 1 saturated carbocycles. The highest BCUT2D eigenvalue weighted by atomic mass is 16.7. The lowest BCUT2D eigenvalue weighted by atomic mass is 9.96. The maximum Gasteiger partial charge on any atom is 0.187 e. The van der Waals surface area contributed by atoms with Crippen LogP contribution < -0.4 is 0 Å². The molecule has 2 aliphatic rings. The Bertz CT molecular complexity index is 307. The van der Waals surface area contributed by atoms with E-state index in [0.717, 1.165) is 12.8 Å². The van der Waals surface area contributed by atoms with Crippen molar-refractivity contribution < 1.29 is 28.4 Å². The van der Waals surface area contributed by atoms with E-state index in [4.69, 9.17) is 28.4 Å². The zero-order valence-corrected chi connectivity index (χ0v) is 14.2. The lowest BCUT2D eigenvalue weighted by Gasteiger charge is -2.45. The second-order valence-electron chi connectivity index (χ2n) is 6.00. The van der Waals surface area contributed by atoms with E-state index in [9.17, 15) is 0 Å². The molecule has 0 aromatic carbocycles. The summed E-state index contributed by atoms with van der Waals surface area (Å²) in [6.07, 6.45) is 4.60. The first kappa shape index (κ1) is 18.1. The largest absolute Gasteiger partial charge is 0.382 e. The molecule has 0 amide bonds. The van der Waals surface area contributed by atoms with E-state index in [2.05, 4.69) is 0 Å². The summed E-state index contributed by atoms with van der Waals surface area (Å²) in [6.45, 7) is 0.430. The van der Waals surface area contributed by atoms with Gasteiger partial charge in [-0.05, 0) is 12.8 Å². The Morgan fingerprint density at radius 2 is 1.45 bits per heavy atom. The summed E-state index contributed by atoms with van der Waals surface area (Å²) in [7, 11) is 6.62. The third-order valence-corrected chi connectivity index (χ3v) is 4.62. The number of hydrogen-bond acceptors (Lipinski definition) is 6. The molecular formula is C16H30O6. The van der Waals surface area contributed by atoms with Crippen LogP contribution in [0.5, 0.6) is 0 Å². The molecule has 6 heteroatoms. The molecule has 2 rings (SSSR count). The van der Waals surface area contributed by atoms with Gasteiger partial charge in [0, 0.05) is 28.4 Å². The van der Waals surface area contributed by atoms with Gasteiger partial charge in [0.2, 0.25) is 0 Å². The Morgan fingerprint density at radius 3 is 2.00 bits per heavy atom. The van der Waals surface area contributed by atoms with Gasteiger partial charge in [0.1, 0.15) is 24.4 Å². The van der Waals surface area contributed by atoms with Crippen molar-refractivity contribution in [2.24, 2.45) is 0 Å². The molecule has 0 radical (unpaired) electrons. The monoisotopic (exact) mass is 318 g/mol. The number of hydrogen-bond donors (Lipinski definition) is 0. The third kappa shape index (κ3) is 4.19. The van der Waals surface area contributed by atoms with Crippen LogP contribution in [-0.2, 0) is 28.4 Å². The summed E-state index contributed by atoms with van der Waals surface area (Å²) in [5.41, 5.74) is 0. The molecule has 0 spiro atoms. The van der Waals surface area contributed by atoms with Crippen LogP contribution in [-0.4, -0.2) is 71.9 Å². The van der Waals surface area contributed by atoms with Gasteiger partial charge >= 0.3 is 0 Å². The molecule has 1 saturated heterocycles. The highest BCUT2D eigenvalue weighted by Gasteiger charge is 2.48. The first-order valence-corrected chi connectivity index (χ1v) is 8.13. The molecule has 22 heavy (non-hydrogen) atoms. The first-order chi connectivity index (χ1) is 10.7. The molecule has 0 bridgehead atoms. The maximum atomic E-state index is 6.20. The fourth-order valence-corrected chi connectivity index (χ4v) is 3.48. The van der Waals surface area contributed by atoms with Crippen molar-refractivity contribution in [1.29, 1.82) is 0 Å². The number of methoxy groups -OCH3 is 4. The highest BCUT2D eigenvalue weighted by molar-refractivity contribution is 4.92. The van der Waals surface area contributed by atoms with Crippen molar-refractivity contribution in [3.63, 3.8) is 0 Å². The van der Waals surface area contributed by atoms with Crippen LogP contribution >= 0.6 is 0 Å². The second-order valence-corrected chi connectivity index (χ2v) is 6.00. The SMILES string of the molecule is COC[C@H]1O[C@@H](OC2CCCCC2)[C@H](OC)[C@@H](OC)[C@@H]1OC. The fraction of sp³-hybridized carbons (Fsp3) is 1.00. The van der Waals surface area contributed by atoms with Crippen molar-refractivity contribution in [2.45, 2.75) is 68.9 Å². The lowest BCUT2D eigenvalue weighted by molar-refractivity contribution is -0.323. The molecule has 6 nitrogen and oxygen atoms in total. The standard InChI is InChI=1S/C16H30O6/c1-17-10-12-13(18-2)14(19-3)15(20-4)16(22-12)21-11-8-6-5-7-9-11/h11-16H,5-10H2,1-4H3/t12-,13-,14+,15-,16-/m1/s1. The Labute approximate surface area is 133 Å². The predicted octanol–water partition coefficient (Wildman–Crippen LogP) is 1.75. The van der Waals surface area contributed by atoms with Crippen molar-refractivity contribution in [1.82, 2.24) is 0 Å². The highest BCUT2D eigenvalue weighted by Crippen LogP contribution is 2.31. The van der Waals surface area contributed by atoms with Crippen molar-refractivity contribution >= 4 is 0 Å². The predicted molar refractivity (Wildman–Crippen MR) is 80.9 cm³/mol. The molecule has 1 heterocycles. The molecule has 0 unspecified atom stereocenters. The minimum absolute atomic E-state index is 0.233. The topological polar surface area (TPSA) is 55.4 Å². The number of ether oxygens (including phenoxy) is 6. The summed E-state index contributed by atoms with van der Waals surface area (Å²) in [4.78, 5) is 0. The molecule has 0 aromatic rings. The smallest absolute Gasteiger partial charge is 0.187 e. The average molecular weight is 318 g/mol. The molecule has 2 fully saturated rings. The van der Waals surface area contributed by atoms with E-state index in [0.29, 0.717) is 6.61 Å². The summed E-state index contributed by atoms with van der Waals surface area (Å²) >= 11 is 0. The first-order valence-electron chi connectivity index (χ1n) is 8.13. The average Bonchev–Trinajstić information content (AvgIpc) is 2.55. The van der Waals surface area contributed by atoms with Gasteiger partial charge in [-0.25, -0.2) is 0 Å². The molecule has 1 aliphatic carbocycles. The van der Waals surface area contributed by atoms with E-state index >= 15 is 0 Å². The van der Waals surface area contributed by atoms with Crippen molar-refractivity contribution in [2.75, 3.05) is 35.0 Å².